The van der Waals surface area contributed by atoms with Gasteiger partial charge >= 0.3 is 0 Å². The van der Waals surface area contributed by atoms with Gasteiger partial charge in [0.25, 0.3) is 0 Å². The molecule has 4 rings (SSSR count). The van der Waals surface area contributed by atoms with Crippen molar-refractivity contribution in [3.8, 4) is 0 Å². The minimum atomic E-state index is -0.0522. The van der Waals surface area contributed by atoms with Crippen LogP contribution in [0.2, 0.25) is 0 Å². The number of para-hydroxylation sites is 2. The van der Waals surface area contributed by atoms with Gasteiger partial charge in [-0.1, -0.05) is 12.1 Å². The molecule has 7 heteroatoms. The predicted octanol–water partition coefficient (Wildman–Crippen LogP) is 3.14. The third-order valence-corrected chi connectivity index (χ3v) is 4.80. The second-order valence-corrected chi connectivity index (χ2v) is 7.32. The third kappa shape index (κ3) is 4.31. The van der Waals surface area contributed by atoms with E-state index in [1.54, 1.807) is 6.20 Å². The Bertz CT molecular complexity index is 910. The number of morpholine rings is 1. The quantitative estimate of drug-likeness (QED) is 0.712. The lowest BCUT2D eigenvalue weighted by molar-refractivity contribution is -0.116. The SMILES string of the molecule is C[C@@H]1CN(c2ccc(NC(=O)CCc3nc4ccccc4[nH]3)cn2)C[C@@H](C)O1. The molecule has 3 aromatic rings. The van der Waals surface area contributed by atoms with Crippen LogP contribution in [0.3, 0.4) is 0 Å². The van der Waals surface area contributed by atoms with E-state index in [0.717, 1.165) is 35.8 Å². The molecule has 0 bridgehead atoms. The number of rotatable bonds is 5. The Morgan fingerprint density at radius 3 is 2.71 bits per heavy atom. The molecule has 1 fully saturated rings. The smallest absolute Gasteiger partial charge is 0.224 e. The highest BCUT2D eigenvalue weighted by Gasteiger charge is 2.23. The highest BCUT2D eigenvalue weighted by atomic mass is 16.5. The van der Waals surface area contributed by atoms with Crippen molar-refractivity contribution >= 4 is 28.4 Å². The Morgan fingerprint density at radius 1 is 1.21 bits per heavy atom. The fraction of sp³-hybridized carbons (Fsp3) is 0.381. The third-order valence-electron chi connectivity index (χ3n) is 4.80. The molecule has 0 radical (unpaired) electrons. The summed E-state index contributed by atoms with van der Waals surface area (Å²) in [5.74, 6) is 1.67. The number of aryl methyl sites for hydroxylation is 1. The van der Waals surface area contributed by atoms with E-state index in [0.29, 0.717) is 18.5 Å². The van der Waals surface area contributed by atoms with Gasteiger partial charge in [-0.25, -0.2) is 9.97 Å². The maximum absolute atomic E-state index is 12.3. The number of hydrogen-bond acceptors (Lipinski definition) is 5. The van der Waals surface area contributed by atoms with Crippen LogP contribution in [0.4, 0.5) is 11.5 Å². The van der Waals surface area contributed by atoms with Crippen LogP contribution < -0.4 is 10.2 Å². The number of ether oxygens (including phenoxy) is 1. The van der Waals surface area contributed by atoms with Crippen LogP contribution in [-0.4, -0.2) is 46.2 Å². The number of pyridine rings is 1. The molecule has 2 N–H and O–H groups in total. The van der Waals surface area contributed by atoms with Gasteiger partial charge in [-0.15, -0.1) is 0 Å². The second-order valence-electron chi connectivity index (χ2n) is 7.32. The summed E-state index contributed by atoms with van der Waals surface area (Å²) < 4.78 is 5.76. The molecule has 0 unspecified atom stereocenters. The second kappa shape index (κ2) is 7.98. The van der Waals surface area contributed by atoms with Crippen LogP contribution in [0, 0.1) is 0 Å². The lowest BCUT2D eigenvalue weighted by atomic mass is 10.2. The first-order valence-corrected chi connectivity index (χ1v) is 9.67. The Hall–Kier alpha value is -2.93. The van der Waals surface area contributed by atoms with Gasteiger partial charge in [0.05, 0.1) is 35.1 Å². The van der Waals surface area contributed by atoms with Crippen molar-refractivity contribution in [3.05, 3.63) is 48.4 Å². The Morgan fingerprint density at radius 2 is 2.00 bits per heavy atom. The molecular weight excluding hydrogens is 354 g/mol. The van der Waals surface area contributed by atoms with Crippen LogP contribution in [0.5, 0.6) is 0 Å². The van der Waals surface area contributed by atoms with Gasteiger partial charge in [0, 0.05) is 25.9 Å². The van der Waals surface area contributed by atoms with Crippen molar-refractivity contribution in [2.24, 2.45) is 0 Å². The van der Waals surface area contributed by atoms with E-state index in [4.69, 9.17) is 4.74 Å². The first-order valence-electron chi connectivity index (χ1n) is 9.67. The number of fused-ring (bicyclic) bond motifs is 1. The summed E-state index contributed by atoms with van der Waals surface area (Å²) >= 11 is 0. The number of amides is 1. The molecule has 3 heterocycles. The van der Waals surface area contributed by atoms with Crippen molar-refractivity contribution in [3.63, 3.8) is 0 Å². The molecule has 0 aliphatic carbocycles. The van der Waals surface area contributed by atoms with Crippen molar-refractivity contribution in [1.82, 2.24) is 15.0 Å². The van der Waals surface area contributed by atoms with Crippen molar-refractivity contribution in [1.29, 1.82) is 0 Å². The number of nitrogens with one attached hydrogen (secondary N) is 2. The van der Waals surface area contributed by atoms with Gasteiger partial charge in [-0.2, -0.15) is 0 Å². The minimum Gasteiger partial charge on any atom is -0.372 e. The zero-order valence-electron chi connectivity index (χ0n) is 16.2. The summed E-state index contributed by atoms with van der Waals surface area (Å²) in [4.78, 5) is 26.7. The fourth-order valence-corrected chi connectivity index (χ4v) is 3.59. The zero-order valence-corrected chi connectivity index (χ0v) is 16.2. The number of nitrogens with zero attached hydrogens (tertiary/aromatic N) is 3. The van der Waals surface area contributed by atoms with Gasteiger partial charge in [0.2, 0.25) is 5.91 Å². The molecule has 28 heavy (non-hydrogen) atoms. The molecule has 2 aromatic heterocycles. The molecule has 146 valence electrons. The molecule has 1 aromatic carbocycles. The van der Waals surface area contributed by atoms with E-state index in [1.807, 2.05) is 36.4 Å². The highest BCUT2D eigenvalue weighted by molar-refractivity contribution is 5.90. The maximum atomic E-state index is 12.3. The van der Waals surface area contributed by atoms with E-state index in [9.17, 15) is 4.79 Å². The summed E-state index contributed by atoms with van der Waals surface area (Å²) in [7, 11) is 0. The van der Waals surface area contributed by atoms with Gasteiger partial charge in [0.15, 0.2) is 0 Å². The van der Waals surface area contributed by atoms with E-state index >= 15 is 0 Å². The molecule has 1 aliphatic rings. The van der Waals surface area contributed by atoms with E-state index in [2.05, 4.69) is 39.0 Å². The number of hydrogen-bond donors (Lipinski definition) is 2. The van der Waals surface area contributed by atoms with Gasteiger partial charge in [-0.3, -0.25) is 4.79 Å². The summed E-state index contributed by atoms with van der Waals surface area (Å²) in [5.41, 5.74) is 2.61. The number of carbonyl (C=O) groups excluding carboxylic acids is 1. The van der Waals surface area contributed by atoms with Gasteiger partial charge in [0.1, 0.15) is 11.6 Å². The van der Waals surface area contributed by atoms with Gasteiger partial charge in [-0.05, 0) is 38.1 Å². The molecule has 0 saturated carbocycles. The Labute approximate surface area is 164 Å². The highest BCUT2D eigenvalue weighted by Crippen LogP contribution is 2.20. The first kappa shape index (κ1) is 18.4. The topological polar surface area (TPSA) is 83.1 Å². The van der Waals surface area contributed by atoms with Crippen molar-refractivity contribution < 1.29 is 9.53 Å². The molecule has 1 saturated heterocycles. The number of aromatic nitrogens is 3. The van der Waals surface area contributed by atoms with Crippen LogP contribution in [0.25, 0.3) is 11.0 Å². The largest absolute Gasteiger partial charge is 0.372 e. The number of imidazole rings is 1. The summed E-state index contributed by atoms with van der Waals surface area (Å²) in [6.07, 6.45) is 3.00. The molecular formula is C21H25N5O2. The molecule has 7 nitrogen and oxygen atoms in total. The van der Waals surface area contributed by atoms with Crippen LogP contribution in [0.15, 0.2) is 42.6 Å². The standard InChI is InChI=1S/C21H25N5O2/c1-14-12-26(13-15(2)28-14)20-9-7-16(11-22-20)23-21(27)10-8-19-24-17-5-3-4-6-18(17)25-19/h3-7,9,11,14-15H,8,10,12-13H2,1-2H3,(H,23,27)(H,24,25)/t14-,15-/m1/s1. The van der Waals surface area contributed by atoms with E-state index in [-0.39, 0.29) is 18.1 Å². The van der Waals surface area contributed by atoms with Crippen LogP contribution >= 0.6 is 0 Å². The molecule has 2 atom stereocenters. The molecule has 0 spiro atoms. The first-order chi connectivity index (χ1) is 13.6. The van der Waals surface area contributed by atoms with Gasteiger partial charge < -0.3 is 19.9 Å². The average Bonchev–Trinajstić information content (AvgIpc) is 3.09. The number of aromatic amines is 1. The lowest BCUT2D eigenvalue weighted by Gasteiger charge is -2.36. The lowest BCUT2D eigenvalue weighted by Crippen LogP contribution is -2.45. The summed E-state index contributed by atoms with van der Waals surface area (Å²) in [5, 5.41) is 2.91. The number of H-pyrrole nitrogens is 1. The molecule has 1 aliphatic heterocycles. The zero-order chi connectivity index (χ0) is 19.5. The fourth-order valence-electron chi connectivity index (χ4n) is 3.59. The monoisotopic (exact) mass is 379 g/mol. The Kier molecular flexibility index (Phi) is 5.25. The predicted molar refractivity (Wildman–Crippen MR) is 110 cm³/mol. The van der Waals surface area contributed by atoms with Crippen molar-refractivity contribution in [2.45, 2.75) is 38.9 Å². The number of anilines is 2. The van der Waals surface area contributed by atoms with Crippen LogP contribution in [0.1, 0.15) is 26.1 Å². The number of carbonyl (C=O) groups is 1. The van der Waals surface area contributed by atoms with Crippen molar-refractivity contribution in [2.75, 3.05) is 23.3 Å². The summed E-state index contributed by atoms with van der Waals surface area (Å²) in [6, 6.07) is 11.7. The minimum absolute atomic E-state index is 0.0522. The number of benzene rings is 1. The van der Waals surface area contributed by atoms with E-state index < -0.39 is 0 Å². The van der Waals surface area contributed by atoms with Crippen LogP contribution in [-0.2, 0) is 16.0 Å². The maximum Gasteiger partial charge on any atom is 0.224 e. The normalized spacial score (nSPS) is 19.7. The Balaban J connectivity index is 1.31. The van der Waals surface area contributed by atoms with E-state index in [1.165, 1.54) is 0 Å². The molecule has 1 amide bonds. The average molecular weight is 379 g/mol. The summed E-state index contributed by atoms with van der Waals surface area (Å²) in [6.45, 7) is 5.78.